The van der Waals surface area contributed by atoms with Crippen molar-refractivity contribution < 1.29 is 13.9 Å². The van der Waals surface area contributed by atoms with Crippen molar-refractivity contribution in [3.8, 4) is 0 Å². The molecule has 1 saturated heterocycles. The van der Waals surface area contributed by atoms with Gasteiger partial charge in [-0.3, -0.25) is 4.90 Å². The van der Waals surface area contributed by atoms with Crippen LogP contribution in [0.3, 0.4) is 0 Å². The minimum atomic E-state index is -2.73. The van der Waals surface area contributed by atoms with Crippen molar-refractivity contribution in [2.24, 2.45) is 5.11 Å². The smallest absolute Gasteiger partial charge is 0.262 e. The van der Waals surface area contributed by atoms with Gasteiger partial charge in [-0.05, 0) is 5.53 Å². The highest BCUT2D eigenvalue weighted by Crippen LogP contribution is 2.31. The Morgan fingerprint density at radius 1 is 1.64 bits per heavy atom. The van der Waals surface area contributed by atoms with E-state index in [1.54, 1.807) is 0 Å². The summed E-state index contributed by atoms with van der Waals surface area (Å²) in [4.78, 5) is 3.99. The summed E-state index contributed by atoms with van der Waals surface area (Å²) in [6.45, 7) is -0.223. The lowest BCUT2D eigenvalue weighted by atomic mass is 10.2. The Hall–Kier alpha value is -0.910. The van der Waals surface area contributed by atoms with E-state index >= 15 is 0 Å². The molecule has 1 atom stereocenters. The van der Waals surface area contributed by atoms with Crippen molar-refractivity contribution in [2.45, 2.75) is 18.4 Å². The molecule has 5 nitrogen and oxygen atoms in total. The fourth-order valence-corrected chi connectivity index (χ4v) is 1.62. The predicted molar refractivity (Wildman–Crippen MR) is 46.0 cm³/mol. The number of nitrogens with zero attached hydrogens (tertiary/aromatic N) is 4. The van der Waals surface area contributed by atoms with Crippen LogP contribution in [0.1, 0.15) is 6.42 Å². The van der Waals surface area contributed by atoms with Crippen LogP contribution in [0.15, 0.2) is 5.11 Å². The molecule has 1 fully saturated rings. The van der Waals surface area contributed by atoms with Crippen LogP contribution >= 0.6 is 0 Å². The molecule has 80 valence electrons. The fraction of sp³-hybridized carbons (Fsp3) is 1.00. The molecule has 0 bridgehead atoms. The minimum absolute atomic E-state index is 0.156. The quantitative estimate of drug-likeness (QED) is 0.423. The molecule has 1 unspecified atom stereocenters. The Labute approximate surface area is 79.9 Å². The topological polar surface area (TPSA) is 72.2 Å². The predicted octanol–water partition coefficient (Wildman–Crippen LogP) is 0.999. The molecule has 0 aromatic rings. The first kappa shape index (κ1) is 11.2. The molecule has 1 N–H and O–H groups in total. The van der Waals surface area contributed by atoms with Crippen LogP contribution in [-0.2, 0) is 0 Å². The van der Waals surface area contributed by atoms with Gasteiger partial charge in [0.1, 0.15) is 0 Å². The van der Waals surface area contributed by atoms with Crippen LogP contribution in [-0.4, -0.2) is 48.2 Å². The number of alkyl halides is 2. The summed E-state index contributed by atoms with van der Waals surface area (Å²) in [7, 11) is 0. The van der Waals surface area contributed by atoms with Crippen molar-refractivity contribution in [3.05, 3.63) is 10.4 Å². The molecule has 1 heterocycles. The highest BCUT2D eigenvalue weighted by Gasteiger charge is 2.44. The van der Waals surface area contributed by atoms with E-state index in [1.165, 1.54) is 4.90 Å². The van der Waals surface area contributed by atoms with Crippen molar-refractivity contribution in [2.75, 3.05) is 26.2 Å². The minimum Gasteiger partial charge on any atom is -0.395 e. The third-order valence-electron chi connectivity index (χ3n) is 2.25. The first-order valence-electron chi connectivity index (χ1n) is 4.32. The summed E-state index contributed by atoms with van der Waals surface area (Å²) < 4.78 is 25.8. The number of likely N-dealkylation sites (tertiary alicyclic amines) is 1. The maximum Gasteiger partial charge on any atom is 0.262 e. The lowest BCUT2D eigenvalue weighted by Crippen LogP contribution is -2.34. The molecule has 1 rings (SSSR count). The van der Waals surface area contributed by atoms with Gasteiger partial charge in [0.25, 0.3) is 5.92 Å². The maximum absolute atomic E-state index is 12.9. The van der Waals surface area contributed by atoms with Gasteiger partial charge in [-0.1, -0.05) is 5.11 Å². The van der Waals surface area contributed by atoms with Gasteiger partial charge in [-0.25, -0.2) is 8.78 Å². The summed E-state index contributed by atoms with van der Waals surface area (Å²) >= 11 is 0. The lowest BCUT2D eigenvalue weighted by molar-refractivity contribution is 0.0120. The van der Waals surface area contributed by atoms with Crippen molar-refractivity contribution in [3.63, 3.8) is 0 Å². The Kier molecular flexibility index (Phi) is 3.62. The van der Waals surface area contributed by atoms with Crippen LogP contribution in [0.5, 0.6) is 0 Å². The Morgan fingerprint density at radius 2 is 2.36 bits per heavy atom. The van der Waals surface area contributed by atoms with E-state index in [4.69, 9.17) is 10.6 Å². The van der Waals surface area contributed by atoms with E-state index in [-0.39, 0.29) is 32.7 Å². The molecule has 0 aliphatic carbocycles. The number of aliphatic hydroxyl groups is 1. The molecule has 7 heteroatoms. The van der Waals surface area contributed by atoms with E-state index in [9.17, 15) is 8.78 Å². The van der Waals surface area contributed by atoms with E-state index in [0.29, 0.717) is 0 Å². The Morgan fingerprint density at radius 3 is 2.93 bits per heavy atom. The van der Waals surface area contributed by atoms with Crippen molar-refractivity contribution in [1.29, 1.82) is 0 Å². The number of rotatable bonds is 4. The number of hydrogen-bond acceptors (Lipinski definition) is 3. The van der Waals surface area contributed by atoms with E-state index in [1.807, 2.05) is 0 Å². The van der Waals surface area contributed by atoms with Gasteiger partial charge in [-0.2, -0.15) is 0 Å². The first-order chi connectivity index (χ1) is 6.59. The zero-order valence-corrected chi connectivity index (χ0v) is 7.60. The highest BCUT2D eigenvalue weighted by molar-refractivity contribution is 4.90. The third kappa shape index (κ3) is 2.80. The van der Waals surface area contributed by atoms with Gasteiger partial charge in [0.05, 0.1) is 13.2 Å². The molecular formula is C7H12F2N4O. The molecule has 0 aromatic carbocycles. The number of hydrogen-bond donors (Lipinski definition) is 1. The number of halogens is 2. The summed E-state index contributed by atoms with van der Waals surface area (Å²) in [6.07, 6.45) is -0.320. The summed E-state index contributed by atoms with van der Waals surface area (Å²) in [5, 5.41) is 12.1. The second kappa shape index (κ2) is 4.54. The van der Waals surface area contributed by atoms with Crippen LogP contribution in [0.4, 0.5) is 8.78 Å². The van der Waals surface area contributed by atoms with Crippen molar-refractivity contribution in [1.82, 2.24) is 4.90 Å². The molecular weight excluding hydrogens is 194 g/mol. The van der Waals surface area contributed by atoms with Gasteiger partial charge >= 0.3 is 0 Å². The van der Waals surface area contributed by atoms with Crippen molar-refractivity contribution >= 4 is 0 Å². The van der Waals surface area contributed by atoms with Crippen LogP contribution in [0.2, 0.25) is 0 Å². The summed E-state index contributed by atoms with van der Waals surface area (Å²) in [6, 6.07) is -0.515. The Bertz CT molecular complexity index is 242. The highest BCUT2D eigenvalue weighted by atomic mass is 19.3. The van der Waals surface area contributed by atoms with Gasteiger partial charge in [-0.15, -0.1) is 0 Å². The zero-order chi connectivity index (χ0) is 10.6. The molecule has 1 aliphatic rings. The maximum atomic E-state index is 12.9. The molecule has 0 radical (unpaired) electrons. The molecule has 0 aromatic heterocycles. The van der Waals surface area contributed by atoms with E-state index in [2.05, 4.69) is 10.0 Å². The van der Waals surface area contributed by atoms with Gasteiger partial charge in [0.2, 0.25) is 0 Å². The Balaban J connectivity index is 2.46. The summed E-state index contributed by atoms with van der Waals surface area (Å²) in [5.41, 5.74) is 8.01. The standard InChI is InChI=1S/C7H12F2N4O/c8-7(9)3-6(4-14)13(5-7)2-1-11-12-10/h6,14H,1-5H2. The molecule has 14 heavy (non-hydrogen) atoms. The summed E-state index contributed by atoms with van der Waals surface area (Å²) in [5.74, 6) is -2.73. The molecule has 0 spiro atoms. The van der Waals surface area contributed by atoms with Gasteiger partial charge < -0.3 is 5.11 Å². The second-order valence-corrected chi connectivity index (χ2v) is 3.32. The number of aliphatic hydroxyl groups excluding tert-OH is 1. The average Bonchev–Trinajstić information content (AvgIpc) is 2.41. The number of azide groups is 1. The SMILES string of the molecule is [N-]=[N+]=NCCN1CC(F)(F)CC1CO. The van der Waals surface area contributed by atoms with Crippen LogP contribution in [0.25, 0.3) is 10.4 Å². The zero-order valence-electron chi connectivity index (χ0n) is 7.60. The van der Waals surface area contributed by atoms with Crippen LogP contribution < -0.4 is 0 Å². The molecule has 1 aliphatic heterocycles. The second-order valence-electron chi connectivity index (χ2n) is 3.32. The van der Waals surface area contributed by atoms with E-state index < -0.39 is 12.0 Å². The monoisotopic (exact) mass is 206 g/mol. The van der Waals surface area contributed by atoms with Gasteiger partial charge in [0.15, 0.2) is 0 Å². The fourth-order valence-electron chi connectivity index (χ4n) is 1.62. The first-order valence-corrected chi connectivity index (χ1v) is 4.32. The normalized spacial score (nSPS) is 26.1. The molecule has 0 saturated carbocycles. The third-order valence-corrected chi connectivity index (χ3v) is 2.25. The van der Waals surface area contributed by atoms with Crippen LogP contribution in [0, 0.1) is 0 Å². The lowest BCUT2D eigenvalue weighted by Gasteiger charge is -2.20. The largest absolute Gasteiger partial charge is 0.395 e. The average molecular weight is 206 g/mol. The molecule has 0 amide bonds. The van der Waals surface area contributed by atoms with E-state index in [0.717, 1.165) is 0 Å². The van der Waals surface area contributed by atoms with Gasteiger partial charge in [0, 0.05) is 30.5 Å².